The molecule has 0 spiro atoms. The van der Waals surface area contributed by atoms with Gasteiger partial charge in [0.1, 0.15) is 0 Å². The Kier molecular flexibility index (Phi) is 10.5. The molecular formula is C68H56N4. The lowest BCUT2D eigenvalue weighted by Crippen LogP contribution is -2.40. The molecule has 0 N–H and O–H groups in total. The molecule has 0 amide bonds. The lowest BCUT2D eigenvalue weighted by atomic mass is 9.81. The molecule has 0 fully saturated rings. The fourth-order valence-electron chi connectivity index (χ4n) is 12.1. The minimum absolute atomic E-state index is 0.184. The van der Waals surface area contributed by atoms with Crippen molar-refractivity contribution >= 4 is 84.9 Å². The van der Waals surface area contributed by atoms with E-state index in [9.17, 15) is 0 Å². The summed E-state index contributed by atoms with van der Waals surface area (Å²) in [5, 5.41) is 4.96. The minimum atomic E-state index is -0.184. The molecule has 2 heterocycles. The average molecular weight is 929 g/mol. The van der Waals surface area contributed by atoms with Gasteiger partial charge in [0.2, 0.25) is 0 Å². The second-order valence-corrected chi connectivity index (χ2v) is 19.9. The van der Waals surface area contributed by atoms with Crippen molar-refractivity contribution in [2.75, 3.05) is 19.6 Å². The topological polar surface area (TPSA) is 13.0 Å². The van der Waals surface area contributed by atoms with E-state index in [0.29, 0.717) is 0 Å². The summed E-state index contributed by atoms with van der Waals surface area (Å²) < 4.78 is 0. The lowest BCUT2D eigenvalue weighted by molar-refractivity contribution is 0.660. The maximum atomic E-state index is 2.58. The molecule has 9 aromatic rings. The predicted octanol–water partition coefficient (Wildman–Crippen LogP) is 18.8. The zero-order chi connectivity index (χ0) is 48.5. The Bertz CT molecular complexity index is 3750. The second kappa shape index (κ2) is 17.4. The third-order valence-corrected chi connectivity index (χ3v) is 15.4. The first-order chi connectivity index (χ1) is 35.4. The number of allylic oxidation sites excluding steroid dienone is 5. The molecule has 0 aromatic heterocycles. The highest BCUT2D eigenvalue weighted by Gasteiger charge is 2.38. The van der Waals surface area contributed by atoms with Crippen LogP contribution in [0.1, 0.15) is 62.8 Å². The summed E-state index contributed by atoms with van der Waals surface area (Å²) in [5.74, 6) is 0. The fraction of sp³-hybridized carbons (Fsp3) is 0.118. The Balaban J connectivity index is 0.791. The molecule has 4 nitrogen and oxygen atoms in total. The van der Waals surface area contributed by atoms with E-state index >= 15 is 0 Å². The van der Waals surface area contributed by atoms with Crippen molar-refractivity contribution in [2.24, 2.45) is 0 Å². The molecule has 0 radical (unpaired) electrons. The first-order valence-electron chi connectivity index (χ1n) is 25.5. The minimum Gasteiger partial charge on any atom is -0.334 e. The third kappa shape index (κ3) is 6.96. The van der Waals surface area contributed by atoms with E-state index in [1.807, 2.05) is 0 Å². The Morgan fingerprint density at radius 2 is 1.01 bits per heavy atom. The van der Waals surface area contributed by atoms with Crippen LogP contribution in [0.2, 0.25) is 0 Å². The van der Waals surface area contributed by atoms with Crippen molar-refractivity contribution in [2.45, 2.75) is 52.0 Å². The second-order valence-electron chi connectivity index (χ2n) is 19.9. The Morgan fingerprint density at radius 3 is 1.65 bits per heavy atom. The molecule has 2 aliphatic carbocycles. The van der Waals surface area contributed by atoms with Gasteiger partial charge in [-0.1, -0.05) is 172 Å². The molecule has 4 aliphatic rings. The van der Waals surface area contributed by atoms with E-state index in [4.69, 9.17) is 0 Å². The fourth-order valence-corrected chi connectivity index (χ4v) is 12.1. The molecule has 0 saturated heterocycles. The maximum absolute atomic E-state index is 2.58. The predicted molar refractivity (Wildman–Crippen MR) is 307 cm³/mol. The van der Waals surface area contributed by atoms with E-state index in [1.54, 1.807) is 0 Å². The Hall–Kier alpha value is -8.60. The van der Waals surface area contributed by atoms with E-state index in [1.165, 1.54) is 83.4 Å². The van der Waals surface area contributed by atoms with Gasteiger partial charge in [0.25, 0.3) is 0 Å². The Morgan fingerprint density at radius 1 is 0.486 bits per heavy atom. The molecule has 0 bridgehead atoms. The van der Waals surface area contributed by atoms with Crippen molar-refractivity contribution in [3.05, 3.63) is 258 Å². The zero-order valence-electron chi connectivity index (χ0n) is 41.3. The van der Waals surface area contributed by atoms with Crippen molar-refractivity contribution < 1.29 is 0 Å². The molecule has 348 valence electrons. The quantitative estimate of drug-likeness (QED) is 0.111. The zero-order valence-corrected chi connectivity index (χ0v) is 41.3. The largest absolute Gasteiger partial charge is 0.334 e. The van der Waals surface area contributed by atoms with Crippen LogP contribution in [0, 0.1) is 0 Å². The van der Waals surface area contributed by atoms with Gasteiger partial charge < -0.3 is 19.6 Å². The molecule has 1 atom stereocenters. The van der Waals surface area contributed by atoms with Crippen LogP contribution in [-0.2, 0) is 5.41 Å². The van der Waals surface area contributed by atoms with Crippen LogP contribution in [0.4, 0.5) is 51.2 Å². The van der Waals surface area contributed by atoms with Crippen LogP contribution in [0.3, 0.4) is 0 Å². The number of hydrogen-bond acceptors (Lipinski definition) is 4. The van der Waals surface area contributed by atoms with Gasteiger partial charge in [0.15, 0.2) is 0 Å². The molecule has 9 aromatic carbocycles. The summed E-state index contributed by atoms with van der Waals surface area (Å²) in [6, 6.07) is 69.9. The van der Waals surface area contributed by atoms with Gasteiger partial charge >= 0.3 is 0 Å². The molecule has 0 saturated carbocycles. The summed E-state index contributed by atoms with van der Waals surface area (Å²) >= 11 is 0. The highest BCUT2D eigenvalue weighted by Crippen LogP contribution is 2.55. The highest BCUT2D eigenvalue weighted by atomic mass is 15.3. The van der Waals surface area contributed by atoms with Gasteiger partial charge in [0, 0.05) is 28.2 Å². The maximum Gasteiger partial charge on any atom is 0.0703 e. The van der Waals surface area contributed by atoms with Crippen molar-refractivity contribution in [1.82, 2.24) is 0 Å². The van der Waals surface area contributed by atoms with Gasteiger partial charge in [-0.05, 0) is 160 Å². The lowest BCUT2D eigenvalue weighted by Gasteiger charge is -2.44. The molecule has 13 rings (SSSR count). The summed E-state index contributed by atoms with van der Waals surface area (Å²) in [6.07, 6.45) is 19.9. The van der Waals surface area contributed by atoms with E-state index < -0.39 is 0 Å². The summed E-state index contributed by atoms with van der Waals surface area (Å²) in [5.41, 5.74) is 20.7. The summed E-state index contributed by atoms with van der Waals surface area (Å²) in [4.78, 5) is 9.86. The van der Waals surface area contributed by atoms with Gasteiger partial charge in [-0.2, -0.15) is 0 Å². The van der Waals surface area contributed by atoms with Gasteiger partial charge in [-0.25, -0.2) is 0 Å². The van der Waals surface area contributed by atoms with E-state index in [0.717, 1.165) is 47.0 Å². The van der Waals surface area contributed by atoms with Crippen molar-refractivity contribution in [3.8, 4) is 11.1 Å². The van der Waals surface area contributed by atoms with Crippen LogP contribution in [0.25, 0.3) is 44.8 Å². The van der Waals surface area contributed by atoms with E-state index in [2.05, 4.69) is 284 Å². The first-order valence-corrected chi connectivity index (χ1v) is 25.5. The monoisotopic (exact) mass is 928 g/mol. The molecule has 2 aliphatic heterocycles. The standard InChI is InChI=1S/C68H56N4/c1-5-19-61-60(6-2)69(50-20-9-7-10-21-50)62-24-13-16-27-65(62)72(61)53-37-41-57-56-39-33-47(43-58(56)68(3,4)59(57)45-53)31-30-46-32-38-54-48(42-46)34-35-49-44-52(36-40-55(49)54)71-66-28-17-14-25-63(66)70(51-22-11-8-12-23-51)64-26-15-18-29-67(64)71/h5,7-20,22-45,50H,6,21H2,1-4H3/b19-5-,31-30+. The summed E-state index contributed by atoms with van der Waals surface area (Å²) in [6.45, 7) is 9.21. The van der Waals surface area contributed by atoms with Crippen molar-refractivity contribution in [3.63, 3.8) is 0 Å². The molecule has 4 heteroatoms. The van der Waals surface area contributed by atoms with Gasteiger partial charge in [-0.3, -0.25) is 0 Å². The number of fused-ring (bicyclic) bond motifs is 9. The normalized spacial score (nSPS) is 16.5. The van der Waals surface area contributed by atoms with Crippen LogP contribution in [0.15, 0.2) is 236 Å². The van der Waals surface area contributed by atoms with Crippen LogP contribution >= 0.6 is 0 Å². The third-order valence-electron chi connectivity index (χ3n) is 15.4. The number of hydrogen-bond donors (Lipinski definition) is 0. The average Bonchev–Trinajstić information content (AvgIpc) is 3.65. The van der Waals surface area contributed by atoms with E-state index in [-0.39, 0.29) is 11.5 Å². The summed E-state index contributed by atoms with van der Waals surface area (Å²) in [7, 11) is 0. The van der Waals surface area contributed by atoms with Crippen molar-refractivity contribution in [1.29, 1.82) is 0 Å². The SMILES string of the molecule is C/C=C\C1=C(CC)N(C2C=CC=CC2)c2ccccc2N1c1ccc2c(c1)C(C)(C)c1cc(/C=C/c3ccc4c(ccc5cc(N6c7ccccc7N(c7ccccc7)c7ccccc76)ccc54)c3)ccc1-2. The first kappa shape index (κ1) is 43.4. The number of anilines is 9. The number of rotatable bonds is 8. The number of nitrogens with zero attached hydrogens (tertiary/aromatic N) is 4. The molecule has 72 heavy (non-hydrogen) atoms. The van der Waals surface area contributed by atoms with Crippen LogP contribution in [-0.4, -0.2) is 6.04 Å². The van der Waals surface area contributed by atoms with Gasteiger partial charge in [-0.15, -0.1) is 0 Å². The number of para-hydroxylation sites is 7. The molecule has 1 unspecified atom stereocenters. The molecular weight excluding hydrogens is 873 g/mol. The van der Waals surface area contributed by atoms with Gasteiger partial charge in [0.05, 0.1) is 45.9 Å². The Labute approximate surface area is 423 Å². The van der Waals surface area contributed by atoms with Crippen LogP contribution in [0.5, 0.6) is 0 Å². The highest BCUT2D eigenvalue weighted by molar-refractivity contribution is 6.10. The number of benzene rings is 9. The smallest absolute Gasteiger partial charge is 0.0703 e. The van der Waals surface area contributed by atoms with Crippen LogP contribution < -0.4 is 19.6 Å².